The molecule has 0 atom stereocenters. The standard InChI is InChI=1S/C23H15Cl2FN4O2/c1-12-13(5-4-6-14(12)11-26)9-17-20-27-18(24)10-19(25)30(20)28-21(17)29-22(31)15-7-2-3-8-16(15)23(29)32/h2-8,10H,9,11H2,1H3. The van der Waals surface area contributed by atoms with Crippen LogP contribution in [0.3, 0.4) is 0 Å². The van der Waals surface area contributed by atoms with E-state index in [0.717, 1.165) is 16.0 Å². The highest BCUT2D eigenvalue weighted by Crippen LogP contribution is 2.35. The molecule has 0 bridgehead atoms. The van der Waals surface area contributed by atoms with Crippen molar-refractivity contribution in [3.05, 3.63) is 92.2 Å². The molecule has 1 aliphatic rings. The SMILES string of the molecule is Cc1c(CF)cccc1Cc1c(N2C(=O)c3ccccc3C2=O)nn2c(Cl)cc(Cl)nc12. The number of nitrogens with zero attached hydrogens (tertiary/aromatic N) is 4. The smallest absolute Gasteiger partial charge is 0.267 e. The number of fused-ring (bicyclic) bond motifs is 2. The summed E-state index contributed by atoms with van der Waals surface area (Å²) in [6, 6.07) is 13.3. The molecule has 6 nitrogen and oxygen atoms in total. The van der Waals surface area contributed by atoms with E-state index in [0.29, 0.717) is 27.9 Å². The Morgan fingerprint density at radius 2 is 1.62 bits per heavy atom. The molecule has 0 spiro atoms. The van der Waals surface area contributed by atoms with Gasteiger partial charge in [0.1, 0.15) is 17.0 Å². The van der Waals surface area contributed by atoms with Crippen molar-refractivity contribution in [1.29, 1.82) is 0 Å². The van der Waals surface area contributed by atoms with Crippen molar-refractivity contribution >= 4 is 46.5 Å². The van der Waals surface area contributed by atoms with E-state index in [4.69, 9.17) is 23.2 Å². The van der Waals surface area contributed by atoms with E-state index in [1.807, 2.05) is 13.0 Å². The number of halogens is 3. The summed E-state index contributed by atoms with van der Waals surface area (Å²) in [6.45, 7) is 1.22. The summed E-state index contributed by atoms with van der Waals surface area (Å²) in [5.74, 6) is -0.837. The lowest BCUT2D eigenvalue weighted by Crippen LogP contribution is -2.30. The molecule has 160 valence electrons. The summed E-state index contributed by atoms with van der Waals surface area (Å²) in [7, 11) is 0. The van der Waals surface area contributed by atoms with E-state index in [9.17, 15) is 14.0 Å². The molecule has 5 rings (SSSR count). The largest absolute Gasteiger partial charge is 0.268 e. The second-order valence-electron chi connectivity index (χ2n) is 7.44. The van der Waals surface area contributed by atoms with Crippen LogP contribution in [0.25, 0.3) is 5.65 Å². The molecule has 0 fully saturated rings. The van der Waals surface area contributed by atoms with E-state index in [1.165, 1.54) is 10.6 Å². The average molecular weight is 469 g/mol. The molecule has 0 radical (unpaired) electrons. The van der Waals surface area contributed by atoms with Gasteiger partial charge in [-0.15, -0.1) is 5.10 Å². The first kappa shape index (κ1) is 20.6. The lowest BCUT2D eigenvalue weighted by atomic mass is 9.97. The van der Waals surface area contributed by atoms with Crippen LogP contribution in [0.1, 0.15) is 43.0 Å². The fourth-order valence-corrected chi connectivity index (χ4v) is 4.43. The molecule has 0 saturated carbocycles. The number of rotatable bonds is 4. The second-order valence-corrected chi connectivity index (χ2v) is 8.22. The molecule has 1 aliphatic heterocycles. The van der Waals surface area contributed by atoms with Crippen molar-refractivity contribution in [2.75, 3.05) is 4.90 Å². The van der Waals surface area contributed by atoms with Gasteiger partial charge in [-0.1, -0.05) is 53.5 Å². The van der Waals surface area contributed by atoms with Crippen LogP contribution < -0.4 is 4.90 Å². The van der Waals surface area contributed by atoms with Crippen LogP contribution in [0.2, 0.25) is 10.3 Å². The highest BCUT2D eigenvalue weighted by molar-refractivity contribution is 6.35. The molecule has 3 heterocycles. The Kier molecular flexibility index (Phi) is 4.95. The van der Waals surface area contributed by atoms with Crippen molar-refractivity contribution in [3.8, 4) is 0 Å². The number of carbonyl (C=O) groups excluding carboxylic acids is 2. The van der Waals surface area contributed by atoms with Crippen LogP contribution in [-0.2, 0) is 13.1 Å². The highest BCUT2D eigenvalue weighted by Gasteiger charge is 2.40. The van der Waals surface area contributed by atoms with Crippen molar-refractivity contribution in [1.82, 2.24) is 14.6 Å². The minimum atomic E-state index is -0.602. The predicted molar refractivity (Wildman–Crippen MR) is 119 cm³/mol. The van der Waals surface area contributed by atoms with Crippen LogP contribution in [0.4, 0.5) is 10.2 Å². The van der Waals surface area contributed by atoms with E-state index < -0.39 is 18.5 Å². The van der Waals surface area contributed by atoms with Gasteiger partial charge in [-0.3, -0.25) is 9.59 Å². The third-order valence-electron chi connectivity index (χ3n) is 5.66. The Labute approximate surface area is 192 Å². The van der Waals surface area contributed by atoms with Gasteiger partial charge in [0.2, 0.25) is 0 Å². The zero-order chi connectivity index (χ0) is 22.6. The van der Waals surface area contributed by atoms with Gasteiger partial charge in [-0.05, 0) is 35.7 Å². The number of amides is 2. The first-order valence-corrected chi connectivity index (χ1v) is 10.5. The van der Waals surface area contributed by atoms with Gasteiger partial charge in [0, 0.05) is 18.1 Å². The monoisotopic (exact) mass is 468 g/mol. The molecule has 0 saturated heterocycles. The second kappa shape index (κ2) is 7.69. The summed E-state index contributed by atoms with van der Waals surface area (Å²) in [5, 5.41) is 4.79. The molecule has 32 heavy (non-hydrogen) atoms. The molecule has 2 aromatic heterocycles. The number of imide groups is 1. The molecule has 0 N–H and O–H groups in total. The quantitative estimate of drug-likeness (QED) is 0.304. The number of carbonyl (C=O) groups is 2. The molecule has 2 aromatic carbocycles. The molecule has 0 unspecified atom stereocenters. The van der Waals surface area contributed by atoms with E-state index in [2.05, 4.69) is 10.1 Å². The number of hydrogen-bond acceptors (Lipinski definition) is 4. The van der Waals surface area contributed by atoms with E-state index in [-0.39, 0.29) is 22.5 Å². The third-order valence-corrected chi connectivity index (χ3v) is 6.13. The molecular weight excluding hydrogens is 454 g/mol. The molecule has 9 heteroatoms. The maximum Gasteiger partial charge on any atom is 0.267 e. The zero-order valence-corrected chi connectivity index (χ0v) is 18.3. The van der Waals surface area contributed by atoms with Crippen molar-refractivity contribution < 1.29 is 14.0 Å². The van der Waals surface area contributed by atoms with Gasteiger partial charge in [0.05, 0.1) is 11.1 Å². The summed E-state index contributed by atoms with van der Waals surface area (Å²) >= 11 is 12.5. The zero-order valence-electron chi connectivity index (χ0n) is 16.8. The van der Waals surface area contributed by atoms with Crippen LogP contribution in [0.5, 0.6) is 0 Å². The Morgan fingerprint density at radius 3 is 2.28 bits per heavy atom. The Hall–Kier alpha value is -3.29. The van der Waals surface area contributed by atoms with Crippen LogP contribution in [0, 0.1) is 6.92 Å². The number of hydrogen-bond donors (Lipinski definition) is 0. The Morgan fingerprint density at radius 1 is 0.969 bits per heavy atom. The van der Waals surface area contributed by atoms with Crippen molar-refractivity contribution in [2.24, 2.45) is 0 Å². The van der Waals surface area contributed by atoms with Gasteiger partial charge < -0.3 is 0 Å². The molecule has 4 aromatic rings. The molecular formula is C23H15Cl2FN4O2. The number of aromatic nitrogens is 3. The Bertz CT molecular complexity index is 1400. The highest BCUT2D eigenvalue weighted by atomic mass is 35.5. The number of benzene rings is 2. The first-order chi connectivity index (χ1) is 15.4. The van der Waals surface area contributed by atoms with Crippen molar-refractivity contribution in [3.63, 3.8) is 0 Å². The number of alkyl halides is 1. The topological polar surface area (TPSA) is 67.6 Å². The van der Waals surface area contributed by atoms with Gasteiger partial charge in [-0.2, -0.15) is 0 Å². The lowest BCUT2D eigenvalue weighted by molar-refractivity contribution is 0.0924. The maximum absolute atomic E-state index is 13.4. The molecule has 0 aliphatic carbocycles. The fourth-order valence-electron chi connectivity index (χ4n) is 3.97. The summed E-state index contributed by atoms with van der Waals surface area (Å²) in [5.41, 5.74) is 3.55. The summed E-state index contributed by atoms with van der Waals surface area (Å²) in [4.78, 5) is 31.7. The normalized spacial score (nSPS) is 13.3. The number of anilines is 1. The minimum absolute atomic E-state index is 0.123. The van der Waals surface area contributed by atoms with Crippen LogP contribution in [0.15, 0.2) is 48.5 Å². The minimum Gasteiger partial charge on any atom is -0.268 e. The predicted octanol–water partition coefficient (Wildman–Crippen LogP) is 5.21. The van der Waals surface area contributed by atoms with E-state index >= 15 is 0 Å². The van der Waals surface area contributed by atoms with Gasteiger partial charge >= 0.3 is 0 Å². The third kappa shape index (κ3) is 3.08. The maximum atomic E-state index is 13.4. The lowest BCUT2D eigenvalue weighted by Gasteiger charge is -2.14. The Balaban J connectivity index is 1.73. The van der Waals surface area contributed by atoms with Crippen molar-refractivity contribution in [2.45, 2.75) is 20.0 Å². The van der Waals surface area contributed by atoms with Crippen LogP contribution >= 0.6 is 23.2 Å². The summed E-state index contributed by atoms with van der Waals surface area (Å²) in [6.07, 6.45) is 0.246. The summed E-state index contributed by atoms with van der Waals surface area (Å²) < 4.78 is 14.8. The molecule has 2 amide bonds. The average Bonchev–Trinajstić information content (AvgIpc) is 3.25. The van der Waals surface area contributed by atoms with Gasteiger partial charge in [0.15, 0.2) is 11.5 Å². The first-order valence-electron chi connectivity index (χ1n) is 9.75. The van der Waals surface area contributed by atoms with Crippen LogP contribution in [-0.4, -0.2) is 26.4 Å². The van der Waals surface area contributed by atoms with Gasteiger partial charge in [0.25, 0.3) is 11.8 Å². The van der Waals surface area contributed by atoms with E-state index in [1.54, 1.807) is 36.4 Å². The van der Waals surface area contributed by atoms with Gasteiger partial charge in [-0.25, -0.2) is 18.8 Å². The fraction of sp³-hybridized carbons (Fsp3) is 0.130.